The van der Waals surface area contributed by atoms with Crippen LogP contribution in [0.4, 0.5) is 0 Å². The molecule has 0 atom stereocenters. The molecule has 0 spiro atoms. The number of hydrogen-bond acceptors (Lipinski definition) is 3. The van der Waals surface area contributed by atoms with Gasteiger partial charge in [0, 0.05) is 10.2 Å². The highest BCUT2D eigenvalue weighted by atomic mass is 79.9. The first kappa shape index (κ1) is 14.7. The zero-order chi connectivity index (χ0) is 15.3. The van der Waals surface area contributed by atoms with Gasteiger partial charge in [0.2, 0.25) is 0 Å². The Balaban J connectivity index is 1.55. The molecule has 4 fully saturated rings. The van der Waals surface area contributed by atoms with E-state index in [-0.39, 0.29) is 4.90 Å². The van der Waals surface area contributed by atoms with E-state index >= 15 is 0 Å². The summed E-state index contributed by atoms with van der Waals surface area (Å²) in [5, 5.41) is 4.36. The van der Waals surface area contributed by atoms with Crippen molar-refractivity contribution in [3.8, 4) is 0 Å². The van der Waals surface area contributed by atoms with E-state index in [1.807, 2.05) is 0 Å². The maximum Gasteiger partial charge on any atom is 0.276 e. The van der Waals surface area contributed by atoms with Crippen molar-refractivity contribution in [3.05, 3.63) is 28.7 Å². The summed E-state index contributed by atoms with van der Waals surface area (Å²) >= 11 is 3.31. The van der Waals surface area contributed by atoms with E-state index in [9.17, 15) is 8.42 Å². The molecule has 4 bridgehead atoms. The van der Waals surface area contributed by atoms with Gasteiger partial charge < -0.3 is 0 Å². The number of rotatable bonds is 3. The van der Waals surface area contributed by atoms with Gasteiger partial charge in [-0.1, -0.05) is 15.9 Å². The molecule has 0 unspecified atom stereocenters. The first-order chi connectivity index (χ1) is 10.5. The van der Waals surface area contributed by atoms with Crippen molar-refractivity contribution in [2.45, 2.75) is 37.0 Å². The molecule has 4 nitrogen and oxygen atoms in total. The van der Waals surface area contributed by atoms with E-state index in [2.05, 4.69) is 25.9 Å². The summed E-state index contributed by atoms with van der Waals surface area (Å²) in [6, 6.07) is 6.63. The van der Waals surface area contributed by atoms with Crippen molar-refractivity contribution >= 4 is 31.7 Å². The molecule has 0 aliphatic heterocycles. The topological polar surface area (TPSA) is 58.5 Å². The molecule has 0 saturated heterocycles. The minimum Gasteiger partial charge on any atom is -0.200 e. The molecule has 1 aromatic rings. The summed E-state index contributed by atoms with van der Waals surface area (Å²) in [5.41, 5.74) is 1.10. The molecule has 22 heavy (non-hydrogen) atoms. The highest BCUT2D eigenvalue weighted by molar-refractivity contribution is 9.10. The highest BCUT2D eigenvalue weighted by Gasteiger charge is 2.46. The van der Waals surface area contributed by atoms with E-state index in [1.165, 1.54) is 32.1 Å². The van der Waals surface area contributed by atoms with E-state index in [0.29, 0.717) is 11.8 Å². The third-order valence-electron chi connectivity index (χ3n) is 5.39. The maximum absolute atomic E-state index is 12.3. The Labute approximate surface area is 139 Å². The monoisotopic (exact) mass is 382 g/mol. The number of nitrogens with one attached hydrogen (secondary N) is 1. The Morgan fingerprint density at radius 1 is 0.955 bits per heavy atom. The lowest BCUT2D eigenvalue weighted by atomic mass is 9.55. The molecule has 0 amide bonds. The fraction of sp³-hybridized carbons (Fsp3) is 0.562. The normalized spacial score (nSPS) is 33.0. The average Bonchev–Trinajstić information content (AvgIpc) is 2.46. The Morgan fingerprint density at radius 2 is 1.50 bits per heavy atom. The SMILES string of the molecule is O=S(=O)(NN=C1C2CC3CC(C2)CC1C3)c1ccc(Br)cc1. The maximum atomic E-state index is 12.3. The van der Waals surface area contributed by atoms with Crippen LogP contribution in [0.15, 0.2) is 38.7 Å². The van der Waals surface area contributed by atoms with Crippen LogP contribution in [-0.4, -0.2) is 14.1 Å². The predicted molar refractivity (Wildman–Crippen MR) is 88.9 cm³/mol. The number of halogens is 1. The van der Waals surface area contributed by atoms with Crippen molar-refractivity contribution < 1.29 is 8.42 Å². The Kier molecular flexibility index (Phi) is 3.57. The number of hydrazone groups is 1. The largest absolute Gasteiger partial charge is 0.276 e. The van der Waals surface area contributed by atoms with Gasteiger partial charge in [0.05, 0.1) is 4.90 Å². The second-order valence-corrected chi connectivity index (χ2v) is 9.47. The number of sulfonamides is 1. The van der Waals surface area contributed by atoms with Gasteiger partial charge >= 0.3 is 0 Å². The minimum absolute atomic E-state index is 0.254. The molecule has 4 saturated carbocycles. The third-order valence-corrected chi connectivity index (χ3v) is 7.15. The summed E-state index contributed by atoms with van der Waals surface area (Å²) < 4.78 is 25.6. The van der Waals surface area contributed by atoms with Gasteiger partial charge in [-0.15, -0.1) is 0 Å². The summed E-state index contributed by atoms with van der Waals surface area (Å²) in [5.74, 6) is 2.71. The molecule has 1 aromatic carbocycles. The van der Waals surface area contributed by atoms with Crippen LogP contribution in [0.3, 0.4) is 0 Å². The van der Waals surface area contributed by atoms with Gasteiger partial charge in [-0.3, -0.25) is 0 Å². The molecular weight excluding hydrogens is 364 g/mol. The lowest BCUT2D eigenvalue weighted by Gasteiger charge is -2.50. The van der Waals surface area contributed by atoms with Crippen LogP contribution in [0, 0.1) is 23.7 Å². The van der Waals surface area contributed by atoms with Crippen molar-refractivity contribution in [1.82, 2.24) is 4.83 Å². The Hall–Kier alpha value is -0.880. The number of benzene rings is 1. The fourth-order valence-electron chi connectivity index (χ4n) is 4.63. The van der Waals surface area contributed by atoms with E-state index < -0.39 is 10.0 Å². The van der Waals surface area contributed by atoms with Crippen molar-refractivity contribution in [1.29, 1.82) is 0 Å². The molecular formula is C16H19BrN2O2S. The molecule has 118 valence electrons. The molecule has 1 N–H and O–H groups in total. The molecule has 0 heterocycles. The molecule has 0 aromatic heterocycles. The van der Waals surface area contributed by atoms with Gasteiger partial charge in [-0.05, 0) is 80.0 Å². The second-order valence-electron chi connectivity index (χ2n) is 6.89. The van der Waals surface area contributed by atoms with E-state index in [0.717, 1.165) is 22.0 Å². The number of nitrogens with zero attached hydrogens (tertiary/aromatic N) is 1. The summed E-state index contributed by atoms with van der Waals surface area (Å²) in [6.07, 6.45) is 6.18. The van der Waals surface area contributed by atoms with Gasteiger partial charge in [-0.2, -0.15) is 13.5 Å². The third kappa shape index (κ3) is 2.60. The van der Waals surface area contributed by atoms with Crippen LogP contribution < -0.4 is 4.83 Å². The zero-order valence-electron chi connectivity index (χ0n) is 12.2. The Morgan fingerprint density at radius 3 is 2.05 bits per heavy atom. The lowest BCUT2D eigenvalue weighted by Crippen LogP contribution is -2.46. The van der Waals surface area contributed by atoms with Gasteiger partial charge in [0.15, 0.2) is 0 Å². The van der Waals surface area contributed by atoms with Crippen LogP contribution in [0.1, 0.15) is 32.1 Å². The predicted octanol–water partition coefficient (Wildman–Crippen LogP) is 3.54. The summed E-state index contributed by atoms with van der Waals surface area (Å²) in [7, 11) is -3.57. The standard InChI is InChI=1S/C16H19BrN2O2S/c17-14-1-3-15(4-2-14)22(20,21)19-18-16-12-6-10-5-11(8-12)9-13(16)7-10/h1-4,10-13,19H,5-9H2. The summed E-state index contributed by atoms with van der Waals surface area (Å²) in [6.45, 7) is 0. The molecule has 5 rings (SSSR count). The fourth-order valence-corrected chi connectivity index (χ4v) is 5.72. The van der Waals surface area contributed by atoms with Crippen LogP contribution in [-0.2, 0) is 10.0 Å². The molecule has 4 aliphatic rings. The van der Waals surface area contributed by atoms with Crippen LogP contribution >= 0.6 is 15.9 Å². The first-order valence-corrected chi connectivity index (χ1v) is 10.1. The second kappa shape index (κ2) is 5.34. The van der Waals surface area contributed by atoms with Gasteiger partial charge in [0.25, 0.3) is 10.0 Å². The Bertz CT molecular complexity index is 682. The molecule has 0 radical (unpaired) electrons. The minimum atomic E-state index is -3.57. The van der Waals surface area contributed by atoms with Crippen molar-refractivity contribution in [2.75, 3.05) is 0 Å². The lowest BCUT2D eigenvalue weighted by molar-refractivity contribution is 0.108. The summed E-state index contributed by atoms with van der Waals surface area (Å²) in [4.78, 5) is 2.72. The highest BCUT2D eigenvalue weighted by Crippen LogP contribution is 2.52. The molecule has 4 aliphatic carbocycles. The van der Waals surface area contributed by atoms with Gasteiger partial charge in [0.1, 0.15) is 0 Å². The zero-order valence-corrected chi connectivity index (χ0v) is 14.6. The smallest absolute Gasteiger partial charge is 0.200 e. The van der Waals surface area contributed by atoms with Crippen molar-refractivity contribution in [2.24, 2.45) is 28.8 Å². The first-order valence-electron chi connectivity index (χ1n) is 7.86. The quantitative estimate of drug-likeness (QED) is 0.812. The van der Waals surface area contributed by atoms with Crippen LogP contribution in [0.2, 0.25) is 0 Å². The van der Waals surface area contributed by atoms with Crippen molar-refractivity contribution in [3.63, 3.8) is 0 Å². The van der Waals surface area contributed by atoms with Gasteiger partial charge in [-0.25, -0.2) is 4.83 Å². The van der Waals surface area contributed by atoms with E-state index in [1.54, 1.807) is 24.3 Å². The van der Waals surface area contributed by atoms with Crippen LogP contribution in [0.5, 0.6) is 0 Å². The number of hydrogen-bond donors (Lipinski definition) is 1. The van der Waals surface area contributed by atoms with Crippen LogP contribution in [0.25, 0.3) is 0 Å². The molecule has 6 heteroatoms. The van der Waals surface area contributed by atoms with E-state index in [4.69, 9.17) is 0 Å². The average molecular weight is 383 g/mol.